The summed E-state index contributed by atoms with van der Waals surface area (Å²) in [5, 5.41) is 0. The average molecular weight is 375 g/mol. The number of rotatable bonds is 6. The molecule has 2 rings (SSSR count). The largest absolute Gasteiger partial charge is 0.484 e. The van der Waals surface area contributed by atoms with Gasteiger partial charge in [0, 0.05) is 11.8 Å². The number of carbonyl (C=O) groups is 1. The van der Waals surface area contributed by atoms with Crippen LogP contribution in [0.15, 0.2) is 42.6 Å². The molecule has 0 N–H and O–H groups in total. The molecule has 1 heterocycles. The lowest BCUT2D eigenvalue weighted by Crippen LogP contribution is -2.29. The number of aromatic nitrogens is 1. The highest BCUT2D eigenvalue weighted by atomic mass is 19.4. The highest BCUT2D eigenvalue weighted by Crippen LogP contribution is 2.30. The van der Waals surface area contributed by atoms with Crippen LogP contribution >= 0.6 is 0 Å². The fourth-order valence-electron chi connectivity index (χ4n) is 1.99. The van der Waals surface area contributed by atoms with Gasteiger partial charge in [-0.15, -0.1) is 0 Å². The molecule has 0 unspecified atom stereocenters. The number of nitrogens with zero attached hydrogens (tertiary/aromatic N) is 1. The molecule has 1 aromatic heterocycles. The number of halogens is 5. The summed E-state index contributed by atoms with van der Waals surface area (Å²) in [6.45, 7) is -0.187. The minimum atomic E-state index is -4.44. The Bertz CT molecular complexity index is 742. The summed E-state index contributed by atoms with van der Waals surface area (Å²) in [4.78, 5) is 14.9. The molecular weight excluding hydrogens is 361 g/mol. The second-order valence-corrected chi connectivity index (χ2v) is 5.16. The first kappa shape index (κ1) is 19.6. The summed E-state index contributed by atoms with van der Waals surface area (Å²) in [6, 6.07) is 7.88. The minimum Gasteiger partial charge on any atom is -0.484 e. The van der Waals surface area contributed by atoms with Crippen LogP contribution in [0.3, 0.4) is 0 Å². The van der Waals surface area contributed by atoms with Crippen LogP contribution in [-0.2, 0) is 15.5 Å². The number of hydrogen-bond acceptors (Lipinski definition) is 4. The van der Waals surface area contributed by atoms with E-state index in [1.807, 2.05) is 0 Å². The molecule has 0 spiro atoms. The zero-order valence-corrected chi connectivity index (χ0v) is 13.5. The number of hydrogen-bond donors (Lipinski definition) is 0. The smallest absolute Gasteiger partial charge is 0.422 e. The average Bonchev–Trinajstić information content (AvgIpc) is 2.60. The summed E-state index contributed by atoms with van der Waals surface area (Å²) >= 11 is 0. The molecule has 0 radical (unpaired) electrons. The molecule has 0 fully saturated rings. The molecule has 1 aromatic carbocycles. The van der Waals surface area contributed by atoms with Crippen LogP contribution in [0.1, 0.15) is 12.6 Å². The third-order valence-electron chi connectivity index (χ3n) is 3.21. The Morgan fingerprint density at radius 1 is 1.00 bits per heavy atom. The van der Waals surface area contributed by atoms with Crippen LogP contribution in [0, 0.1) is 0 Å². The standard InChI is InChI=1S/C17H14F5NO3/c1-2-25-15(24)17(21,22)14-8-5-12(9-23-14)11-3-6-13(7-4-11)26-10-16(18,19)20/h3-9H,2,10H2,1H3. The Balaban J connectivity index is 2.12. The Kier molecular flexibility index (Phi) is 5.79. The number of carbonyl (C=O) groups excluding carboxylic acids is 1. The zero-order valence-electron chi connectivity index (χ0n) is 13.5. The maximum atomic E-state index is 13.9. The van der Waals surface area contributed by atoms with Crippen molar-refractivity contribution in [2.24, 2.45) is 0 Å². The second-order valence-electron chi connectivity index (χ2n) is 5.16. The number of pyridine rings is 1. The van der Waals surface area contributed by atoms with Crippen molar-refractivity contribution in [1.29, 1.82) is 0 Å². The van der Waals surface area contributed by atoms with Crippen LogP contribution in [0.25, 0.3) is 11.1 Å². The number of benzene rings is 1. The van der Waals surface area contributed by atoms with Crippen molar-refractivity contribution in [3.63, 3.8) is 0 Å². The van der Waals surface area contributed by atoms with E-state index in [1.54, 1.807) is 0 Å². The Hall–Kier alpha value is -2.71. The van der Waals surface area contributed by atoms with E-state index in [9.17, 15) is 26.7 Å². The summed E-state index contributed by atoms with van der Waals surface area (Å²) in [6.07, 6.45) is -3.31. The van der Waals surface area contributed by atoms with Gasteiger partial charge in [-0.2, -0.15) is 22.0 Å². The van der Waals surface area contributed by atoms with Crippen LogP contribution < -0.4 is 4.74 Å². The molecule has 0 aliphatic heterocycles. The minimum absolute atomic E-state index is 0.0181. The number of esters is 1. The highest BCUT2D eigenvalue weighted by molar-refractivity contribution is 5.79. The van der Waals surface area contributed by atoms with Crippen molar-refractivity contribution in [3.8, 4) is 16.9 Å². The van der Waals surface area contributed by atoms with E-state index in [1.165, 1.54) is 37.3 Å². The molecule has 0 aliphatic rings. The molecule has 0 amide bonds. The van der Waals surface area contributed by atoms with Gasteiger partial charge in [-0.05, 0) is 30.7 Å². The molecular formula is C17H14F5NO3. The summed E-state index contributed by atoms with van der Waals surface area (Å²) in [7, 11) is 0. The van der Waals surface area contributed by atoms with E-state index in [-0.39, 0.29) is 12.4 Å². The third kappa shape index (κ3) is 4.90. The van der Waals surface area contributed by atoms with Crippen LogP contribution in [-0.4, -0.2) is 30.3 Å². The predicted molar refractivity (Wildman–Crippen MR) is 81.8 cm³/mol. The topological polar surface area (TPSA) is 48.4 Å². The van der Waals surface area contributed by atoms with E-state index in [4.69, 9.17) is 0 Å². The van der Waals surface area contributed by atoms with Crippen molar-refractivity contribution in [2.75, 3.05) is 13.2 Å². The number of ether oxygens (including phenoxy) is 2. The van der Waals surface area contributed by atoms with E-state index >= 15 is 0 Å². The van der Waals surface area contributed by atoms with E-state index in [0.29, 0.717) is 11.1 Å². The predicted octanol–water partition coefficient (Wildman–Crippen LogP) is 4.34. The molecule has 140 valence electrons. The van der Waals surface area contributed by atoms with Crippen molar-refractivity contribution >= 4 is 5.97 Å². The van der Waals surface area contributed by atoms with Crippen molar-refractivity contribution < 1.29 is 36.2 Å². The second kappa shape index (κ2) is 7.67. The maximum Gasteiger partial charge on any atom is 0.422 e. The molecule has 26 heavy (non-hydrogen) atoms. The third-order valence-corrected chi connectivity index (χ3v) is 3.21. The van der Waals surface area contributed by atoms with E-state index in [0.717, 1.165) is 12.3 Å². The van der Waals surface area contributed by atoms with Gasteiger partial charge in [0.05, 0.1) is 6.61 Å². The lowest BCUT2D eigenvalue weighted by Gasteiger charge is -2.14. The number of alkyl halides is 5. The Morgan fingerprint density at radius 2 is 1.62 bits per heavy atom. The van der Waals surface area contributed by atoms with Crippen molar-refractivity contribution in [3.05, 3.63) is 48.3 Å². The Labute approximate surface area is 145 Å². The van der Waals surface area contributed by atoms with Gasteiger partial charge >= 0.3 is 18.1 Å². The van der Waals surface area contributed by atoms with Crippen LogP contribution in [0.5, 0.6) is 5.75 Å². The molecule has 0 aliphatic carbocycles. The van der Waals surface area contributed by atoms with Crippen LogP contribution in [0.2, 0.25) is 0 Å². The van der Waals surface area contributed by atoms with Gasteiger partial charge in [0.2, 0.25) is 0 Å². The van der Waals surface area contributed by atoms with Gasteiger partial charge < -0.3 is 9.47 Å². The first-order valence-corrected chi connectivity index (χ1v) is 7.45. The van der Waals surface area contributed by atoms with Crippen LogP contribution in [0.4, 0.5) is 22.0 Å². The molecule has 4 nitrogen and oxygen atoms in total. The summed E-state index contributed by atoms with van der Waals surface area (Å²) < 4.78 is 72.9. The SMILES string of the molecule is CCOC(=O)C(F)(F)c1ccc(-c2ccc(OCC(F)(F)F)cc2)cn1. The van der Waals surface area contributed by atoms with Gasteiger partial charge in [0.15, 0.2) is 6.61 Å². The lowest BCUT2D eigenvalue weighted by atomic mass is 10.1. The monoisotopic (exact) mass is 375 g/mol. The highest BCUT2D eigenvalue weighted by Gasteiger charge is 2.44. The van der Waals surface area contributed by atoms with Crippen molar-refractivity contribution in [1.82, 2.24) is 4.98 Å². The lowest BCUT2D eigenvalue weighted by molar-refractivity contribution is -0.173. The summed E-state index contributed by atoms with van der Waals surface area (Å²) in [5.41, 5.74) is 0.212. The fraction of sp³-hybridized carbons (Fsp3) is 0.294. The van der Waals surface area contributed by atoms with Gasteiger partial charge in [-0.1, -0.05) is 18.2 Å². The van der Waals surface area contributed by atoms with Crippen molar-refractivity contribution in [2.45, 2.75) is 19.0 Å². The molecule has 2 aromatic rings. The Morgan fingerprint density at radius 3 is 2.12 bits per heavy atom. The zero-order chi connectivity index (χ0) is 19.4. The molecule has 0 atom stereocenters. The van der Waals surface area contributed by atoms with Gasteiger partial charge in [0.25, 0.3) is 0 Å². The van der Waals surface area contributed by atoms with Gasteiger partial charge in [-0.25, -0.2) is 4.79 Å². The normalized spacial score (nSPS) is 11.9. The first-order chi connectivity index (χ1) is 12.1. The quantitative estimate of drug-likeness (QED) is 0.557. The molecule has 0 saturated carbocycles. The summed E-state index contributed by atoms with van der Waals surface area (Å²) in [5.74, 6) is -5.54. The fourth-order valence-corrected chi connectivity index (χ4v) is 1.99. The maximum absolute atomic E-state index is 13.9. The van der Waals surface area contributed by atoms with Gasteiger partial charge in [0.1, 0.15) is 11.4 Å². The van der Waals surface area contributed by atoms with E-state index in [2.05, 4.69) is 14.5 Å². The molecule has 9 heteroatoms. The van der Waals surface area contributed by atoms with Gasteiger partial charge in [-0.3, -0.25) is 4.98 Å². The van der Waals surface area contributed by atoms with E-state index < -0.39 is 30.4 Å². The first-order valence-electron chi connectivity index (χ1n) is 7.45. The molecule has 0 saturated heterocycles. The molecule has 0 bridgehead atoms.